The normalized spacial score (nSPS) is 12.4. The highest BCUT2D eigenvalue weighted by Crippen LogP contribution is 2.17. The van der Waals surface area contributed by atoms with Crippen LogP contribution in [-0.2, 0) is 19.1 Å². The Labute approximate surface area is 430 Å². The molecule has 0 radical (unpaired) electrons. The first-order valence-corrected chi connectivity index (χ1v) is 30.7. The van der Waals surface area contributed by atoms with Gasteiger partial charge in [0.05, 0.1) is 6.61 Å². The van der Waals surface area contributed by atoms with Gasteiger partial charge in [0.15, 0.2) is 6.10 Å². The Morgan fingerprint density at radius 2 is 0.580 bits per heavy atom. The molecular weight excluding hydrogens is 849 g/mol. The van der Waals surface area contributed by atoms with Crippen molar-refractivity contribution in [2.75, 3.05) is 13.2 Å². The summed E-state index contributed by atoms with van der Waals surface area (Å²) in [5.41, 5.74) is 0. The van der Waals surface area contributed by atoms with Crippen LogP contribution in [0.3, 0.4) is 0 Å². The Bertz CT molecular complexity index is 1140. The third-order valence-electron chi connectivity index (χ3n) is 13.8. The standard InChI is InChI=1S/C64H118O5/c1-3-5-7-9-11-13-15-17-19-20-21-22-23-24-25-26-27-28-29-30-31-32-33-34-35-36-37-38-39-40-41-42-43-44-45-47-49-51-53-55-57-59-64(67)69-62(60-65)61-68-63(66)58-56-54-52-50-48-46-18-16-14-12-10-8-6-4-2/h15-18,20-21,23-24,62,65H,3-14,19,22,25-61H2,1-2H3/b17-15-,18-16-,21-20-,24-23-. The quantitative estimate of drug-likeness (QED) is 0.0373. The molecule has 404 valence electrons. The summed E-state index contributed by atoms with van der Waals surface area (Å²) in [5.74, 6) is -0.586. The Kier molecular flexibility index (Phi) is 58.3. The largest absolute Gasteiger partial charge is 0.462 e. The van der Waals surface area contributed by atoms with E-state index in [0.717, 1.165) is 57.8 Å². The van der Waals surface area contributed by atoms with Gasteiger partial charge in [-0.05, 0) is 77.0 Å². The highest BCUT2D eigenvalue weighted by molar-refractivity contribution is 5.70. The molecule has 0 rings (SSSR count). The van der Waals surface area contributed by atoms with Gasteiger partial charge < -0.3 is 14.6 Å². The van der Waals surface area contributed by atoms with Gasteiger partial charge >= 0.3 is 11.9 Å². The Morgan fingerprint density at radius 3 is 0.884 bits per heavy atom. The molecule has 1 unspecified atom stereocenters. The second-order valence-electron chi connectivity index (χ2n) is 20.8. The number of unbranched alkanes of at least 4 members (excludes halogenated alkanes) is 41. The smallest absolute Gasteiger partial charge is 0.306 e. The second kappa shape index (κ2) is 60.2. The third kappa shape index (κ3) is 58.3. The van der Waals surface area contributed by atoms with Gasteiger partial charge in [0, 0.05) is 12.8 Å². The molecule has 5 nitrogen and oxygen atoms in total. The van der Waals surface area contributed by atoms with Crippen molar-refractivity contribution in [1.82, 2.24) is 0 Å². The van der Waals surface area contributed by atoms with Crippen LogP contribution in [0, 0.1) is 0 Å². The fourth-order valence-electron chi connectivity index (χ4n) is 9.21. The lowest BCUT2D eigenvalue weighted by molar-refractivity contribution is -0.161. The van der Waals surface area contributed by atoms with Gasteiger partial charge in [-0.15, -0.1) is 0 Å². The number of carbonyl (C=O) groups excluding carboxylic acids is 2. The first kappa shape index (κ1) is 66.9. The van der Waals surface area contributed by atoms with E-state index in [2.05, 4.69) is 62.5 Å². The van der Waals surface area contributed by atoms with E-state index in [1.807, 2.05) is 0 Å². The van der Waals surface area contributed by atoms with Crippen molar-refractivity contribution >= 4 is 11.9 Å². The summed E-state index contributed by atoms with van der Waals surface area (Å²) in [6.07, 6.45) is 79.8. The molecule has 0 heterocycles. The van der Waals surface area contributed by atoms with Gasteiger partial charge in [-0.1, -0.05) is 287 Å². The first-order chi connectivity index (χ1) is 34.1. The number of aliphatic hydroxyl groups is 1. The third-order valence-corrected chi connectivity index (χ3v) is 13.8. The van der Waals surface area contributed by atoms with Crippen LogP contribution in [0.25, 0.3) is 0 Å². The number of hydrogen-bond acceptors (Lipinski definition) is 5. The van der Waals surface area contributed by atoms with E-state index in [1.54, 1.807) is 0 Å². The van der Waals surface area contributed by atoms with E-state index in [1.165, 1.54) is 244 Å². The van der Waals surface area contributed by atoms with Crippen molar-refractivity contribution < 1.29 is 24.2 Å². The lowest BCUT2D eigenvalue weighted by atomic mass is 10.0. The van der Waals surface area contributed by atoms with Gasteiger partial charge in [0.2, 0.25) is 0 Å². The SMILES string of the molecule is CCCCCCC/C=C\C/C=C\C/C=C\CCCCCCCCCCCCCCCCCCCCCCCCCCCCC(=O)OC(CO)COC(=O)CCCCCCC/C=C\CCCCCCC. The highest BCUT2D eigenvalue weighted by atomic mass is 16.6. The number of carbonyl (C=O) groups is 2. The molecule has 5 heteroatoms. The minimum absolute atomic E-state index is 0.0660. The molecule has 0 fully saturated rings. The summed E-state index contributed by atoms with van der Waals surface area (Å²) in [6.45, 7) is 4.14. The number of aliphatic hydroxyl groups excluding tert-OH is 1. The number of rotatable bonds is 57. The molecule has 0 amide bonds. The van der Waals surface area contributed by atoms with E-state index >= 15 is 0 Å². The molecule has 0 saturated heterocycles. The van der Waals surface area contributed by atoms with Gasteiger partial charge in [-0.25, -0.2) is 0 Å². The Morgan fingerprint density at radius 1 is 0.333 bits per heavy atom. The monoisotopic (exact) mass is 967 g/mol. The van der Waals surface area contributed by atoms with E-state index in [-0.39, 0.29) is 25.2 Å². The zero-order valence-electron chi connectivity index (χ0n) is 46.3. The molecule has 0 spiro atoms. The maximum absolute atomic E-state index is 12.3. The van der Waals surface area contributed by atoms with Crippen LogP contribution in [0.5, 0.6) is 0 Å². The van der Waals surface area contributed by atoms with Crippen LogP contribution in [0.2, 0.25) is 0 Å². The van der Waals surface area contributed by atoms with Crippen LogP contribution >= 0.6 is 0 Å². The van der Waals surface area contributed by atoms with Crippen molar-refractivity contribution in [3.63, 3.8) is 0 Å². The van der Waals surface area contributed by atoms with E-state index in [0.29, 0.717) is 12.8 Å². The molecule has 0 aliphatic rings. The minimum Gasteiger partial charge on any atom is -0.462 e. The Hall–Kier alpha value is -2.14. The zero-order chi connectivity index (χ0) is 49.9. The summed E-state index contributed by atoms with van der Waals surface area (Å²) in [6, 6.07) is 0. The number of ether oxygens (including phenoxy) is 2. The Balaban J connectivity index is 3.37. The van der Waals surface area contributed by atoms with Crippen LogP contribution in [0.1, 0.15) is 328 Å². The van der Waals surface area contributed by atoms with Crippen LogP contribution < -0.4 is 0 Å². The fraction of sp³-hybridized carbons (Fsp3) is 0.844. The fourth-order valence-corrected chi connectivity index (χ4v) is 9.21. The van der Waals surface area contributed by atoms with Gasteiger partial charge in [-0.2, -0.15) is 0 Å². The average molecular weight is 968 g/mol. The molecule has 0 aliphatic heterocycles. The first-order valence-electron chi connectivity index (χ1n) is 30.7. The highest BCUT2D eigenvalue weighted by Gasteiger charge is 2.16. The average Bonchev–Trinajstić information content (AvgIpc) is 3.35. The summed E-state index contributed by atoms with van der Waals surface area (Å²) < 4.78 is 10.7. The minimum atomic E-state index is -0.772. The van der Waals surface area contributed by atoms with Crippen molar-refractivity contribution in [3.05, 3.63) is 48.6 Å². The topological polar surface area (TPSA) is 72.8 Å². The summed E-state index contributed by atoms with van der Waals surface area (Å²) in [5, 5.41) is 9.63. The van der Waals surface area contributed by atoms with E-state index in [9.17, 15) is 14.7 Å². The molecule has 0 bridgehead atoms. The van der Waals surface area contributed by atoms with E-state index in [4.69, 9.17) is 9.47 Å². The molecular formula is C64H118O5. The second-order valence-corrected chi connectivity index (χ2v) is 20.8. The van der Waals surface area contributed by atoms with Crippen molar-refractivity contribution in [2.24, 2.45) is 0 Å². The predicted molar refractivity (Wildman–Crippen MR) is 302 cm³/mol. The molecule has 0 aromatic carbocycles. The van der Waals surface area contributed by atoms with Crippen molar-refractivity contribution in [3.8, 4) is 0 Å². The molecule has 0 aromatic rings. The molecule has 1 N–H and O–H groups in total. The number of hydrogen-bond donors (Lipinski definition) is 1. The lowest BCUT2D eigenvalue weighted by Gasteiger charge is -2.15. The van der Waals surface area contributed by atoms with Crippen LogP contribution in [-0.4, -0.2) is 36.4 Å². The summed E-state index contributed by atoms with van der Waals surface area (Å²) >= 11 is 0. The van der Waals surface area contributed by atoms with Gasteiger partial charge in [0.25, 0.3) is 0 Å². The molecule has 0 saturated carbocycles. The molecule has 0 aliphatic carbocycles. The lowest BCUT2D eigenvalue weighted by Crippen LogP contribution is -2.28. The molecule has 69 heavy (non-hydrogen) atoms. The van der Waals surface area contributed by atoms with Gasteiger partial charge in [0.1, 0.15) is 6.61 Å². The van der Waals surface area contributed by atoms with Crippen molar-refractivity contribution in [1.29, 1.82) is 0 Å². The predicted octanol–water partition coefficient (Wildman–Crippen LogP) is 20.8. The maximum atomic E-state index is 12.3. The zero-order valence-corrected chi connectivity index (χ0v) is 46.3. The van der Waals surface area contributed by atoms with Crippen LogP contribution in [0.4, 0.5) is 0 Å². The van der Waals surface area contributed by atoms with Crippen molar-refractivity contribution in [2.45, 2.75) is 335 Å². The summed E-state index contributed by atoms with van der Waals surface area (Å²) in [7, 11) is 0. The molecule has 0 aromatic heterocycles. The number of esters is 2. The van der Waals surface area contributed by atoms with Crippen LogP contribution in [0.15, 0.2) is 48.6 Å². The maximum Gasteiger partial charge on any atom is 0.306 e. The van der Waals surface area contributed by atoms with Gasteiger partial charge in [-0.3, -0.25) is 9.59 Å². The number of allylic oxidation sites excluding steroid dienone is 8. The summed E-state index contributed by atoms with van der Waals surface area (Å²) in [4.78, 5) is 24.4. The molecule has 1 atom stereocenters. The van der Waals surface area contributed by atoms with E-state index < -0.39 is 6.10 Å².